The molecule has 0 amide bonds. The van der Waals surface area contributed by atoms with Crippen molar-refractivity contribution in [1.82, 2.24) is 0 Å². The van der Waals surface area contributed by atoms with Crippen molar-refractivity contribution in [2.75, 3.05) is 6.61 Å². The molecule has 1 aromatic rings. The topological polar surface area (TPSA) is 26.3 Å². The second-order valence-electron chi connectivity index (χ2n) is 3.29. The van der Waals surface area contributed by atoms with Gasteiger partial charge in [0.1, 0.15) is 6.29 Å². The van der Waals surface area contributed by atoms with Crippen molar-refractivity contribution in [1.29, 1.82) is 0 Å². The first kappa shape index (κ1) is 8.45. The molecule has 1 fully saturated rings. The lowest BCUT2D eigenvalue weighted by molar-refractivity contribution is 0.110. The Hall–Kier alpha value is -1.15. The van der Waals surface area contributed by atoms with Crippen LogP contribution in [0.2, 0.25) is 0 Å². The third kappa shape index (κ3) is 1.78. The molecule has 1 unspecified atom stereocenters. The highest BCUT2D eigenvalue weighted by Gasteiger charge is 2.17. The smallest absolute Gasteiger partial charge is 0.150 e. The number of rotatable bonds is 2. The zero-order chi connectivity index (χ0) is 9.10. The third-order valence-electron chi connectivity index (χ3n) is 2.35. The van der Waals surface area contributed by atoms with Gasteiger partial charge in [-0.25, -0.2) is 0 Å². The first-order valence-electron chi connectivity index (χ1n) is 4.57. The maximum Gasteiger partial charge on any atom is 0.150 e. The third-order valence-corrected chi connectivity index (χ3v) is 2.35. The van der Waals surface area contributed by atoms with Gasteiger partial charge in [-0.1, -0.05) is 18.2 Å². The molecule has 1 aliphatic rings. The van der Waals surface area contributed by atoms with Gasteiger partial charge >= 0.3 is 0 Å². The van der Waals surface area contributed by atoms with Gasteiger partial charge in [-0.15, -0.1) is 0 Å². The van der Waals surface area contributed by atoms with Gasteiger partial charge in [-0.05, 0) is 24.5 Å². The summed E-state index contributed by atoms with van der Waals surface area (Å²) in [5, 5.41) is 0. The van der Waals surface area contributed by atoms with Gasteiger partial charge in [0.25, 0.3) is 0 Å². The molecule has 0 radical (unpaired) electrons. The lowest BCUT2D eigenvalue weighted by Crippen LogP contribution is -1.96. The molecule has 68 valence electrons. The average Bonchev–Trinajstić information content (AvgIpc) is 2.71. The molecule has 1 atom stereocenters. The number of ether oxygens (including phenoxy) is 1. The largest absolute Gasteiger partial charge is 0.374 e. The van der Waals surface area contributed by atoms with E-state index in [2.05, 4.69) is 0 Å². The maximum atomic E-state index is 10.5. The van der Waals surface area contributed by atoms with Crippen LogP contribution in [0.5, 0.6) is 0 Å². The van der Waals surface area contributed by atoms with E-state index in [4.69, 9.17) is 4.74 Å². The van der Waals surface area contributed by atoms with Crippen LogP contribution in [0.4, 0.5) is 0 Å². The minimum atomic E-state index is 0.208. The fourth-order valence-electron chi connectivity index (χ4n) is 1.67. The molecule has 13 heavy (non-hydrogen) atoms. The molecule has 0 bridgehead atoms. The lowest BCUT2D eigenvalue weighted by atomic mass is 10.0. The summed E-state index contributed by atoms with van der Waals surface area (Å²) in [6.45, 7) is 0.843. The van der Waals surface area contributed by atoms with Gasteiger partial charge < -0.3 is 4.74 Å². The van der Waals surface area contributed by atoms with E-state index in [9.17, 15) is 4.79 Å². The van der Waals surface area contributed by atoms with Gasteiger partial charge in [0.2, 0.25) is 0 Å². The van der Waals surface area contributed by atoms with Gasteiger partial charge in [0.15, 0.2) is 0 Å². The molecule has 0 saturated carbocycles. The van der Waals surface area contributed by atoms with E-state index >= 15 is 0 Å². The second-order valence-corrected chi connectivity index (χ2v) is 3.29. The summed E-state index contributed by atoms with van der Waals surface area (Å²) in [6.07, 6.45) is 3.27. The van der Waals surface area contributed by atoms with Crippen molar-refractivity contribution in [2.24, 2.45) is 0 Å². The first-order chi connectivity index (χ1) is 6.40. The fourth-order valence-corrected chi connectivity index (χ4v) is 1.67. The van der Waals surface area contributed by atoms with E-state index in [0.717, 1.165) is 36.9 Å². The van der Waals surface area contributed by atoms with Crippen LogP contribution in [0.25, 0.3) is 0 Å². The SMILES string of the molecule is O=Cc1cccc(C2CCCO2)c1. The van der Waals surface area contributed by atoms with Gasteiger partial charge in [-0.3, -0.25) is 4.79 Å². The highest BCUT2D eigenvalue weighted by Crippen LogP contribution is 2.28. The van der Waals surface area contributed by atoms with E-state index in [1.165, 1.54) is 0 Å². The first-order valence-corrected chi connectivity index (χ1v) is 4.57. The zero-order valence-corrected chi connectivity index (χ0v) is 7.40. The minimum absolute atomic E-state index is 0.208. The van der Waals surface area contributed by atoms with Crippen LogP contribution in [-0.4, -0.2) is 12.9 Å². The van der Waals surface area contributed by atoms with E-state index in [0.29, 0.717) is 0 Å². The fraction of sp³-hybridized carbons (Fsp3) is 0.364. The zero-order valence-electron chi connectivity index (χ0n) is 7.40. The Morgan fingerprint density at radius 3 is 3.08 bits per heavy atom. The molecule has 0 aliphatic carbocycles. The molecular weight excluding hydrogens is 164 g/mol. The van der Waals surface area contributed by atoms with Crippen LogP contribution in [0.15, 0.2) is 24.3 Å². The van der Waals surface area contributed by atoms with Gasteiger partial charge in [-0.2, -0.15) is 0 Å². The quantitative estimate of drug-likeness (QED) is 0.646. The van der Waals surface area contributed by atoms with Crippen molar-refractivity contribution in [2.45, 2.75) is 18.9 Å². The van der Waals surface area contributed by atoms with Crippen molar-refractivity contribution in [3.8, 4) is 0 Å². The normalized spacial score (nSPS) is 21.7. The van der Waals surface area contributed by atoms with E-state index in [1.54, 1.807) is 0 Å². The van der Waals surface area contributed by atoms with Crippen molar-refractivity contribution in [3.63, 3.8) is 0 Å². The maximum absolute atomic E-state index is 10.5. The molecule has 1 aromatic carbocycles. The molecule has 1 aliphatic heterocycles. The summed E-state index contributed by atoms with van der Waals surface area (Å²) in [5.74, 6) is 0. The average molecular weight is 176 g/mol. The summed E-state index contributed by atoms with van der Waals surface area (Å²) >= 11 is 0. The number of aldehydes is 1. The minimum Gasteiger partial charge on any atom is -0.374 e. The predicted octanol–water partition coefficient (Wildman–Crippen LogP) is 2.35. The summed E-state index contributed by atoms with van der Waals surface area (Å²) in [4.78, 5) is 10.5. The van der Waals surface area contributed by atoms with E-state index in [-0.39, 0.29) is 6.10 Å². The van der Waals surface area contributed by atoms with Gasteiger partial charge in [0, 0.05) is 12.2 Å². The molecule has 2 rings (SSSR count). The number of hydrogen-bond acceptors (Lipinski definition) is 2. The summed E-state index contributed by atoms with van der Waals surface area (Å²) in [5.41, 5.74) is 1.86. The molecule has 0 N–H and O–H groups in total. The van der Waals surface area contributed by atoms with Crippen LogP contribution in [-0.2, 0) is 4.74 Å². The van der Waals surface area contributed by atoms with Crippen LogP contribution >= 0.6 is 0 Å². The van der Waals surface area contributed by atoms with E-state index in [1.807, 2.05) is 24.3 Å². The summed E-state index contributed by atoms with van der Waals surface area (Å²) in [7, 11) is 0. The van der Waals surface area contributed by atoms with Crippen molar-refractivity contribution >= 4 is 6.29 Å². The van der Waals surface area contributed by atoms with Crippen molar-refractivity contribution in [3.05, 3.63) is 35.4 Å². The number of benzene rings is 1. The number of hydrogen-bond donors (Lipinski definition) is 0. The molecule has 0 aromatic heterocycles. The molecule has 0 spiro atoms. The van der Waals surface area contributed by atoms with Gasteiger partial charge in [0.05, 0.1) is 6.10 Å². The van der Waals surface area contributed by atoms with Crippen LogP contribution < -0.4 is 0 Å². The lowest BCUT2D eigenvalue weighted by Gasteiger charge is -2.09. The Morgan fingerprint density at radius 1 is 1.46 bits per heavy atom. The molecular formula is C11H12O2. The summed E-state index contributed by atoms with van der Waals surface area (Å²) in [6, 6.07) is 7.64. The number of carbonyl (C=O) groups is 1. The molecule has 2 heteroatoms. The highest BCUT2D eigenvalue weighted by atomic mass is 16.5. The monoisotopic (exact) mass is 176 g/mol. The van der Waals surface area contributed by atoms with Crippen LogP contribution in [0.3, 0.4) is 0 Å². The molecule has 2 nitrogen and oxygen atoms in total. The highest BCUT2D eigenvalue weighted by molar-refractivity contribution is 5.74. The predicted molar refractivity (Wildman–Crippen MR) is 49.8 cm³/mol. The molecule has 1 heterocycles. The Kier molecular flexibility index (Phi) is 2.41. The van der Waals surface area contributed by atoms with E-state index < -0.39 is 0 Å². The Bertz CT molecular complexity index is 301. The molecule has 1 saturated heterocycles. The Balaban J connectivity index is 2.23. The summed E-state index contributed by atoms with van der Waals surface area (Å²) < 4.78 is 5.52. The number of carbonyl (C=O) groups excluding carboxylic acids is 1. The standard InChI is InChI=1S/C11H12O2/c12-8-9-3-1-4-10(7-9)11-5-2-6-13-11/h1,3-4,7-8,11H,2,5-6H2. The Morgan fingerprint density at radius 2 is 2.38 bits per heavy atom. The van der Waals surface area contributed by atoms with Crippen LogP contribution in [0, 0.1) is 0 Å². The van der Waals surface area contributed by atoms with Crippen molar-refractivity contribution < 1.29 is 9.53 Å². The van der Waals surface area contributed by atoms with Crippen LogP contribution in [0.1, 0.15) is 34.9 Å². The second kappa shape index (κ2) is 3.71. The Labute approximate surface area is 77.5 Å².